The van der Waals surface area contributed by atoms with E-state index in [4.69, 9.17) is 4.74 Å². The topological polar surface area (TPSA) is 63.7 Å². The maximum atomic E-state index is 12.9. The highest BCUT2D eigenvalue weighted by atomic mass is 16.5. The summed E-state index contributed by atoms with van der Waals surface area (Å²) in [5, 5.41) is 0. The summed E-state index contributed by atoms with van der Waals surface area (Å²) in [6.45, 7) is 3.66. The van der Waals surface area contributed by atoms with Gasteiger partial charge in [0, 0.05) is 0 Å². The van der Waals surface area contributed by atoms with Crippen LogP contribution < -0.4 is 0 Å². The second-order valence-electron chi connectivity index (χ2n) is 7.89. The van der Waals surface area contributed by atoms with Gasteiger partial charge in [-0.2, -0.15) is 0 Å². The number of fused-ring (bicyclic) bond motifs is 1. The Kier molecular flexibility index (Phi) is 5.67. The van der Waals surface area contributed by atoms with Crippen LogP contribution in [0, 0.1) is 5.92 Å². The van der Waals surface area contributed by atoms with E-state index in [-0.39, 0.29) is 12.5 Å². The van der Waals surface area contributed by atoms with Crippen molar-refractivity contribution in [1.82, 2.24) is 4.90 Å². The minimum absolute atomic E-state index is 0.0697. The molecule has 0 N–H and O–H groups in total. The van der Waals surface area contributed by atoms with E-state index in [1.165, 1.54) is 0 Å². The quantitative estimate of drug-likeness (QED) is 0.433. The number of carbonyl (C=O) groups is 3. The number of hydrogen-bond acceptors (Lipinski definition) is 4. The predicted molar refractivity (Wildman–Crippen MR) is 117 cm³/mol. The monoisotopic (exact) mass is 413 g/mol. The number of nitrogens with zero attached hydrogens (tertiary/aromatic N) is 1. The van der Waals surface area contributed by atoms with Crippen LogP contribution in [-0.4, -0.2) is 28.7 Å². The van der Waals surface area contributed by atoms with Crippen LogP contribution in [0.2, 0.25) is 0 Å². The first kappa shape index (κ1) is 20.5. The van der Waals surface area contributed by atoms with E-state index in [1.807, 2.05) is 54.6 Å². The van der Waals surface area contributed by atoms with Gasteiger partial charge in [-0.3, -0.25) is 14.5 Å². The van der Waals surface area contributed by atoms with Crippen molar-refractivity contribution in [3.63, 3.8) is 0 Å². The molecule has 0 aromatic heterocycles. The van der Waals surface area contributed by atoms with Gasteiger partial charge in [0.15, 0.2) is 0 Å². The smallest absolute Gasteiger partial charge is 0.329 e. The molecular weight excluding hydrogens is 390 g/mol. The average molecular weight is 413 g/mol. The van der Waals surface area contributed by atoms with Gasteiger partial charge in [0.1, 0.15) is 12.6 Å². The van der Waals surface area contributed by atoms with Crippen molar-refractivity contribution in [3.8, 4) is 11.1 Å². The highest BCUT2D eigenvalue weighted by molar-refractivity contribution is 6.22. The molecule has 0 unspecified atom stereocenters. The lowest BCUT2D eigenvalue weighted by Gasteiger charge is -2.27. The Morgan fingerprint density at radius 3 is 1.84 bits per heavy atom. The summed E-state index contributed by atoms with van der Waals surface area (Å²) in [7, 11) is 0. The Hall–Kier alpha value is -3.73. The molecule has 1 heterocycles. The zero-order valence-electron chi connectivity index (χ0n) is 17.4. The second-order valence-corrected chi connectivity index (χ2v) is 7.89. The van der Waals surface area contributed by atoms with Crippen molar-refractivity contribution in [3.05, 3.63) is 95.6 Å². The van der Waals surface area contributed by atoms with E-state index in [0.29, 0.717) is 11.1 Å². The van der Waals surface area contributed by atoms with Gasteiger partial charge in [0.05, 0.1) is 11.1 Å². The van der Waals surface area contributed by atoms with Gasteiger partial charge in [-0.15, -0.1) is 0 Å². The maximum Gasteiger partial charge on any atom is 0.329 e. The zero-order valence-corrected chi connectivity index (χ0v) is 17.4. The molecule has 0 aliphatic carbocycles. The Balaban J connectivity index is 1.47. The van der Waals surface area contributed by atoms with E-state index < -0.39 is 23.8 Å². The number of rotatable bonds is 6. The number of hydrogen-bond donors (Lipinski definition) is 0. The van der Waals surface area contributed by atoms with E-state index in [9.17, 15) is 14.4 Å². The SMILES string of the molecule is CC(C)[C@@H](C(=O)OCc1ccc(-c2ccccc2)cc1)N1C(=O)c2ccccc2C1=O. The number of carbonyl (C=O) groups excluding carboxylic acids is 3. The van der Waals surface area contributed by atoms with Crippen molar-refractivity contribution in [2.24, 2.45) is 5.92 Å². The minimum atomic E-state index is -0.976. The lowest BCUT2D eigenvalue weighted by atomic mass is 10.0. The summed E-state index contributed by atoms with van der Waals surface area (Å²) in [4.78, 5) is 39.5. The molecule has 0 bridgehead atoms. The Morgan fingerprint density at radius 2 is 1.29 bits per heavy atom. The van der Waals surface area contributed by atoms with E-state index >= 15 is 0 Å². The van der Waals surface area contributed by atoms with Crippen LogP contribution in [0.15, 0.2) is 78.9 Å². The molecule has 0 fully saturated rings. The molecule has 0 saturated carbocycles. The lowest BCUT2D eigenvalue weighted by Crippen LogP contribution is -2.48. The molecule has 1 aliphatic rings. The summed E-state index contributed by atoms with van der Waals surface area (Å²) in [6, 6.07) is 23.4. The van der Waals surface area contributed by atoms with Crippen molar-refractivity contribution < 1.29 is 19.1 Å². The minimum Gasteiger partial charge on any atom is -0.459 e. The molecule has 31 heavy (non-hydrogen) atoms. The van der Waals surface area contributed by atoms with Crippen LogP contribution in [0.1, 0.15) is 40.1 Å². The van der Waals surface area contributed by atoms with Crippen LogP contribution >= 0.6 is 0 Å². The number of ether oxygens (including phenoxy) is 1. The second kappa shape index (κ2) is 8.56. The molecular formula is C26H23NO4. The van der Waals surface area contributed by atoms with Gasteiger partial charge in [-0.05, 0) is 34.7 Å². The summed E-state index contributed by atoms with van der Waals surface area (Å²) >= 11 is 0. The summed E-state index contributed by atoms with van der Waals surface area (Å²) in [5.41, 5.74) is 3.65. The molecule has 2 amide bonds. The van der Waals surface area contributed by atoms with E-state index in [2.05, 4.69) is 0 Å². The normalized spacial score (nSPS) is 14.0. The first-order valence-electron chi connectivity index (χ1n) is 10.3. The van der Waals surface area contributed by atoms with Crippen LogP contribution in [0.25, 0.3) is 11.1 Å². The maximum absolute atomic E-state index is 12.9. The molecule has 0 saturated heterocycles. The highest BCUT2D eigenvalue weighted by Gasteiger charge is 2.44. The fourth-order valence-electron chi connectivity index (χ4n) is 3.80. The third-order valence-corrected chi connectivity index (χ3v) is 5.42. The molecule has 5 heteroatoms. The van der Waals surface area contributed by atoms with Crippen LogP contribution in [0.4, 0.5) is 0 Å². The molecule has 1 atom stereocenters. The molecule has 156 valence electrons. The van der Waals surface area contributed by atoms with Gasteiger partial charge in [0.2, 0.25) is 0 Å². The number of benzene rings is 3. The average Bonchev–Trinajstić information content (AvgIpc) is 3.04. The van der Waals surface area contributed by atoms with Crippen LogP contribution in [-0.2, 0) is 16.1 Å². The summed E-state index contributed by atoms with van der Waals surface area (Å²) in [5.74, 6) is -1.78. The van der Waals surface area contributed by atoms with Crippen LogP contribution in [0.3, 0.4) is 0 Å². The van der Waals surface area contributed by atoms with E-state index in [0.717, 1.165) is 21.6 Å². The fourth-order valence-corrected chi connectivity index (χ4v) is 3.80. The van der Waals surface area contributed by atoms with Crippen molar-refractivity contribution in [2.45, 2.75) is 26.5 Å². The Labute approximate surface area is 181 Å². The molecule has 1 aliphatic heterocycles. The van der Waals surface area contributed by atoms with Gasteiger partial charge >= 0.3 is 5.97 Å². The standard InChI is InChI=1S/C26H23NO4/c1-17(2)23(27-24(28)21-10-6-7-11-22(21)25(27)29)26(30)31-16-18-12-14-20(15-13-18)19-8-4-3-5-9-19/h3-15,17,23H,16H2,1-2H3/t23-/m0/s1. The lowest BCUT2D eigenvalue weighted by molar-refractivity contribution is -0.151. The van der Waals surface area contributed by atoms with Crippen molar-refractivity contribution in [2.75, 3.05) is 0 Å². The van der Waals surface area contributed by atoms with Crippen LogP contribution in [0.5, 0.6) is 0 Å². The predicted octanol–water partition coefficient (Wildman–Crippen LogP) is 4.72. The Bertz CT molecular complexity index is 1080. The molecule has 0 radical (unpaired) electrons. The van der Waals surface area contributed by atoms with Crippen molar-refractivity contribution >= 4 is 17.8 Å². The third kappa shape index (κ3) is 3.99. The highest BCUT2D eigenvalue weighted by Crippen LogP contribution is 2.28. The Morgan fingerprint density at radius 1 is 0.774 bits per heavy atom. The zero-order chi connectivity index (χ0) is 22.0. The first-order valence-corrected chi connectivity index (χ1v) is 10.3. The number of amides is 2. The van der Waals surface area contributed by atoms with Gasteiger partial charge < -0.3 is 4.74 Å². The number of imide groups is 1. The van der Waals surface area contributed by atoms with Crippen molar-refractivity contribution in [1.29, 1.82) is 0 Å². The first-order chi connectivity index (χ1) is 15.0. The largest absolute Gasteiger partial charge is 0.459 e. The summed E-state index contributed by atoms with van der Waals surface area (Å²) < 4.78 is 5.52. The molecule has 0 spiro atoms. The molecule has 3 aromatic rings. The van der Waals surface area contributed by atoms with Gasteiger partial charge in [-0.1, -0.05) is 80.6 Å². The molecule has 4 rings (SSSR count). The molecule has 3 aromatic carbocycles. The third-order valence-electron chi connectivity index (χ3n) is 5.42. The summed E-state index contributed by atoms with van der Waals surface area (Å²) in [6.07, 6.45) is 0. The fraction of sp³-hybridized carbons (Fsp3) is 0.192. The van der Waals surface area contributed by atoms with Gasteiger partial charge in [0.25, 0.3) is 11.8 Å². The molecule has 5 nitrogen and oxygen atoms in total. The number of esters is 1. The van der Waals surface area contributed by atoms with E-state index in [1.54, 1.807) is 38.1 Å². The van der Waals surface area contributed by atoms with Gasteiger partial charge in [-0.25, -0.2) is 4.79 Å².